The van der Waals surface area contributed by atoms with Crippen molar-refractivity contribution in [2.75, 3.05) is 0 Å². The summed E-state index contributed by atoms with van der Waals surface area (Å²) in [5.41, 5.74) is 6.54. The normalized spacial score (nSPS) is 9.71. The Bertz CT molecular complexity index is 684. The average Bonchev–Trinajstić information content (AvgIpc) is 2.53. The zero-order chi connectivity index (χ0) is 15.2. The standard InChI is InChI=1S/C15H13N3O3/c1-11(12-6-3-2-4-7-12)16-17-15(19)13-8-5-9-14(10-13)18(20)21/h2-10,16H,1H2,(H,17,19). The summed E-state index contributed by atoms with van der Waals surface area (Å²) in [6, 6.07) is 14.8. The van der Waals surface area contributed by atoms with Crippen molar-refractivity contribution in [3.8, 4) is 0 Å². The van der Waals surface area contributed by atoms with Gasteiger partial charge in [-0.15, -0.1) is 0 Å². The maximum absolute atomic E-state index is 11.9. The SMILES string of the molecule is C=C(NNC(=O)c1cccc([N+](=O)[O-])c1)c1ccccc1. The molecule has 106 valence electrons. The van der Waals surface area contributed by atoms with Crippen LogP contribution in [0.4, 0.5) is 5.69 Å². The van der Waals surface area contributed by atoms with Crippen molar-refractivity contribution in [3.63, 3.8) is 0 Å². The Labute approximate surface area is 121 Å². The number of nitrogens with one attached hydrogen (secondary N) is 2. The number of carbonyl (C=O) groups is 1. The van der Waals surface area contributed by atoms with Crippen molar-refractivity contribution in [2.45, 2.75) is 0 Å². The van der Waals surface area contributed by atoms with Crippen molar-refractivity contribution < 1.29 is 9.72 Å². The lowest BCUT2D eigenvalue weighted by molar-refractivity contribution is -0.384. The zero-order valence-corrected chi connectivity index (χ0v) is 11.1. The second kappa shape index (κ2) is 6.33. The summed E-state index contributed by atoms with van der Waals surface area (Å²) in [6.07, 6.45) is 0. The Morgan fingerprint density at radius 1 is 1.00 bits per heavy atom. The number of nitrogens with zero attached hydrogens (tertiary/aromatic N) is 1. The van der Waals surface area contributed by atoms with Gasteiger partial charge in [0.1, 0.15) is 0 Å². The highest BCUT2D eigenvalue weighted by Crippen LogP contribution is 2.13. The summed E-state index contributed by atoms with van der Waals surface area (Å²) in [5, 5.41) is 10.7. The van der Waals surface area contributed by atoms with Crippen molar-refractivity contribution in [1.82, 2.24) is 10.9 Å². The number of nitro groups is 1. The molecule has 0 aromatic heterocycles. The highest BCUT2D eigenvalue weighted by molar-refractivity contribution is 5.95. The molecule has 6 nitrogen and oxygen atoms in total. The van der Waals surface area contributed by atoms with Gasteiger partial charge in [-0.3, -0.25) is 25.8 Å². The summed E-state index contributed by atoms with van der Waals surface area (Å²) in [4.78, 5) is 22.0. The highest BCUT2D eigenvalue weighted by atomic mass is 16.6. The molecule has 1 amide bonds. The van der Waals surface area contributed by atoms with Crippen LogP contribution in [0.25, 0.3) is 5.70 Å². The molecule has 0 aliphatic heterocycles. The topological polar surface area (TPSA) is 84.3 Å². The number of carbonyl (C=O) groups excluding carboxylic acids is 1. The maximum atomic E-state index is 11.9. The van der Waals surface area contributed by atoms with Crippen molar-refractivity contribution >= 4 is 17.3 Å². The van der Waals surface area contributed by atoms with E-state index < -0.39 is 10.8 Å². The maximum Gasteiger partial charge on any atom is 0.270 e. The molecule has 0 heterocycles. The number of benzene rings is 2. The molecule has 2 aromatic carbocycles. The lowest BCUT2D eigenvalue weighted by Crippen LogP contribution is -2.35. The summed E-state index contributed by atoms with van der Waals surface area (Å²) in [6.45, 7) is 3.80. The van der Waals surface area contributed by atoms with Crippen molar-refractivity contribution in [1.29, 1.82) is 0 Å². The Hall–Kier alpha value is -3.15. The molecule has 0 aliphatic carbocycles. The van der Waals surface area contributed by atoms with Gasteiger partial charge < -0.3 is 0 Å². The lowest BCUT2D eigenvalue weighted by atomic mass is 10.2. The molecule has 21 heavy (non-hydrogen) atoms. The van der Waals surface area contributed by atoms with Gasteiger partial charge in [0.2, 0.25) is 0 Å². The summed E-state index contributed by atoms with van der Waals surface area (Å²) in [5.74, 6) is -0.476. The fraction of sp³-hybridized carbons (Fsp3) is 0. The number of amides is 1. The third kappa shape index (κ3) is 3.66. The number of nitro benzene ring substituents is 1. The molecule has 6 heteroatoms. The molecule has 0 spiro atoms. The minimum absolute atomic E-state index is 0.135. The molecule has 2 rings (SSSR count). The average molecular weight is 283 g/mol. The van der Waals surface area contributed by atoms with Gasteiger partial charge >= 0.3 is 0 Å². The van der Waals surface area contributed by atoms with E-state index in [0.29, 0.717) is 5.70 Å². The fourth-order valence-corrected chi connectivity index (χ4v) is 1.68. The van der Waals surface area contributed by atoms with Crippen LogP contribution in [0.3, 0.4) is 0 Å². The Balaban J connectivity index is 2.01. The van der Waals surface area contributed by atoms with Crippen LogP contribution >= 0.6 is 0 Å². The van der Waals surface area contributed by atoms with Crippen LogP contribution in [0.2, 0.25) is 0 Å². The third-order valence-corrected chi connectivity index (χ3v) is 2.77. The van der Waals surface area contributed by atoms with Crippen LogP contribution in [0.5, 0.6) is 0 Å². The van der Waals surface area contributed by atoms with Crippen molar-refractivity contribution in [2.24, 2.45) is 0 Å². The first-order chi connectivity index (χ1) is 10.1. The first kappa shape index (κ1) is 14.3. The molecular weight excluding hydrogens is 270 g/mol. The highest BCUT2D eigenvalue weighted by Gasteiger charge is 2.11. The van der Waals surface area contributed by atoms with Gasteiger partial charge in [-0.2, -0.15) is 0 Å². The Morgan fingerprint density at radius 2 is 1.67 bits per heavy atom. The van der Waals surface area contributed by atoms with E-state index in [2.05, 4.69) is 17.4 Å². The van der Waals surface area contributed by atoms with E-state index in [4.69, 9.17) is 0 Å². The van der Waals surface area contributed by atoms with Gasteiger partial charge in [0.05, 0.1) is 10.6 Å². The van der Waals surface area contributed by atoms with Crippen LogP contribution in [0.15, 0.2) is 61.2 Å². The van der Waals surface area contributed by atoms with Crippen LogP contribution in [-0.4, -0.2) is 10.8 Å². The molecule has 0 fully saturated rings. The second-order valence-corrected chi connectivity index (χ2v) is 4.23. The Kier molecular flexibility index (Phi) is 4.30. The molecule has 0 saturated carbocycles. The van der Waals surface area contributed by atoms with Crippen LogP contribution in [0, 0.1) is 10.1 Å². The molecule has 0 unspecified atom stereocenters. The monoisotopic (exact) mass is 283 g/mol. The minimum atomic E-state index is -0.549. The smallest absolute Gasteiger partial charge is 0.270 e. The molecule has 0 atom stereocenters. The molecule has 0 saturated heterocycles. The van der Waals surface area contributed by atoms with Gasteiger partial charge in [0.25, 0.3) is 11.6 Å². The molecule has 0 radical (unpaired) electrons. The Morgan fingerprint density at radius 3 is 2.33 bits per heavy atom. The molecule has 2 N–H and O–H groups in total. The van der Waals surface area contributed by atoms with E-state index >= 15 is 0 Å². The zero-order valence-electron chi connectivity index (χ0n) is 11.1. The number of rotatable bonds is 5. The van der Waals surface area contributed by atoms with E-state index in [9.17, 15) is 14.9 Å². The number of non-ortho nitro benzene ring substituents is 1. The first-order valence-corrected chi connectivity index (χ1v) is 6.13. The van der Waals surface area contributed by atoms with E-state index in [-0.39, 0.29) is 11.3 Å². The number of hydrogen-bond donors (Lipinski definition) is 2. The summed E-state index contributed by atoms with van der Waals surface area (Å²) < 4.78 is 0. The van der Waals surface area contributed by atoms with Crippen LogP contribution < -0.4 is 10.9 Å². The van der Waals surface area contributed by atoms with Crippen molar-refractivity contribution in [3.05, 3.63) is 82.4 Å². The second-order valence-electron chi connectivity index (χ2n) is 4.23. The van der Waals surface area contributed by atoms with Gasteiger partial charge in [0.15, 0.2) is 0 Å². The number of hydrogen-bond acceptors (Lipinski definition) is 4. The van der Waals surface area contributed by atoms with E-state index in [1.54, 1.807) is 0 Å². The quantitative estimate of drug-likeness (QED) is 0.652. The molecule has 0 aliphatic rings. The fourth-order valence-electron chi connectivity index (χ4n) is 1.68. The third-order valence-electron chi connectivity index (χ3n) is 2.77. The molecular formula is C15H13N3O3. The van der Waals surface area contributed by atoms with Crippen LogP contribution in [-0.2, 0) is 0 Å². The molecule has 0 bridgehead atoms. The summed E-state index contributed by atoms with van der Waals surface area (Å²) >= 11 is 0. The van der Waals surface area contributed by atoms with E-state index in [1.807, 2.05) is 30.3 Å². The van der Waals surface area contributed by atoms with Gasteiger partial charge in [-0.1, -0.05) is 43.0 Å². The van der Waals surface area contributed by atoms with E-state index in [1.165, 1.54) is 24.3 Å². The lowest BCUT2D eigenvalue weighted by Gasteiger charge is -2.11. The summed E-state index contributed by atoms with van der Waals surface area (Å²) in [7, 11) is 0. The van der Waals surface area contributed by atoms with Gasteiger partial charge in [-0.05, 0) is 11.6 Å². The minimum Gasteiger partial charge on any atom is -0.298 e. The predicted octanol–water partition coefficient (Wildman–Crippen LogP) is 2.50. The van der Waals surface area contributed by atoms with Gasteiger partial charge in [-0.25, -0.2) is 0 Å². The first-order valence-electron chi connectivity index (χ1n) is 6.13. The van der Waals surface area contributed by atoms with E-state index in [0.717, 1.165) is 5.56 Å². The predicted molar refractivity (Wildman–Crippen MR) is 79.2 cm³/mol. The molecule has 2 aromatic rings. The largest absolute Gasteiger partial charge is 0.298 e. The van der Waals surface area contributed by atoms with Gasteiger partial charge in [0, 0.05) is 17.7 Å². The van der Waals surface area contributed by atoms with Crippen LogP contribution in [0.1, 0.15) is 15.9 Å². The number of hydrazine groups is 1.